The molecule has 0 bridgehead atoms. The van der Waals surface area contributed by atoms with E-state index in [4.69, 9.17) is 5.10 Å². The zero-order valence-corrected chi connectivity index (χ0v) is 16.6. The van der Waals surface area contributed by atoms with Crippen LogP contribution in [0.25, 0.3) is 16.9 Å². The molecule has 5 nitrogen and oxygen atoms in total. The fourth-order valence-electron chi connectivity index (χ4n) is 3.04. The summed E-state index contributed by atoms with van der Waals surface area (Å²) in [4.78, 5) is 19.4. The Morgan fingerprint density at radius 3 is 2.39 bits per heavy atom. The zero-order valence-electron chi connectivity index (χ0n) is 15.7. The average Bonchev–Trinajstić information content (AvgIpc) is 3.35. The first-order chi connectivity index (χ1) is 13.6. The van der Waals surface area contributed by atoms with Gasteiger partial charge in [0.1, 0.15) is 5.69 Å². The zero-order chi connectivity index (χ0) is 19.5. The molecule has 1 amide bonds. The minimum absolute atomic E-state index is 0.0933. The van der Waals surface area contributed by atoms with Crippen LogP contribution in [0.2, 0.25) is 0 Å². The quantitative estimate of drug-likeness (QED) is 0.503. The highest BCUT2D eigenvalue weighted by molar-refractivity contribution is 7.09. The Labute approximate surface area is 167 Å². The SMILES string of the molecule is Cc1nc(CN(C)C(=O)c2cc(-c3ccccc3)nn2-c2ccccc2)cs1. The molecular weight excluding hydrogens is 368 g/mol. The second kappa shape index (κ2) is 7.78. The number of benzene rings is 2. The number of hydrogen-bond donors (Lipinski definition) is 0. The monoisotopic (exact) mass is 388 g/mol. The third kappa shape index (κ3) is 3.73. The molecule has 0 atom stereocenters. The molecule has 0 saturated carbocycles. The number of rotatable bonds is 5. The number of nitrogens with zero attached hydrogens (tertiary/aromatic N) is 4. The van der Waals surface area contributed by atoms with E-state index in [1.165, 1.54) is 0 Å². The lowest BCUT2D eigenvalue weighted by molar-refractivity contribution is 0.0774. The Bertz CT molecular complexity index is 1090. The summed E-state index contributed by atoms with van der Waals surface area (Å²) >= 11 is 1.59. The van der Waals surface area contributed by atoms with E-state index in [-0.39, 0.29) is 5.91 Å². The van der Waals surface area contributed by atoms with Gasteiger partial charge >= 0.3 is 0 Å². The fourth-order valence-corrected chi connectivity index (χ4v) is 3.64. The summed E-state index contributed by atoms with van der Waals surface area (Å²) in [7, 11) is 1.79. The van der Waals surface area contributed by atoms with Gasteiger partial charge in [0.15, 0.2) is 0 Å². The maximum absolute atomic E-state index is 13.2. The van der Waals surface area contributed by atoms with Crippen molar-refractivity contribution in [2.75, 3.05) is 7.05 Å². The molecule has 0 unspecified atom stereocenters. The van der Waals surface area contributed by atoms with Crippen LogP contribution in [0, 0.1) is 6.92 Å². The van der Waals surface area contributed by atoms with Crippen LogP contribution in [-0.4, -0.2) is 32.6 Å². The molecular formula is C22H20N4OS. The van der Waals surface area contributed by atoms with Crippen molar-refractivity contribution in [1.29, 1.82) is 0 Å². The van der Waals surface area contributed by atoms with Gasteiger partial charge in [-0.05, 0) is 25.1 Å². The van der Waals surface area contributed by atoms with E-state index >= 15 is 0 Å². The van der Waals surface area contributed by atoms with Gasteiger partial charge in [-0.15, -0.1) is 11.3 Å². The summed E-state index contributed by atoms with van der Waals surface area (Å²) < 4.78 is 1.72. The van der Waals surface area contributed by atoms with Gasteiger partial charge in [-0.2, -0.15) is 5.10 Å². The minimum Gasteiger partial charge on any atom is -0.334 e. The van der Waals surface area contributed by atoms with E-state index in [0.29, 0.717) is 12.2 Å². The molecule has 0 aliphatic carbocycles. The van der Waals surface area contributed by atoms with Crippen LogP contribution in [0.5, 0.6) is 0 Å². The number of aryl methyl sites for hydroxylation is 1. The average molecular weight is 388 g/mol. The molecule has 0 saturated heterocycles. The molecule has 2 heterocycles. The van der Waals surface area contributed by atoms with Crippen LogP contribution in [0.4, 0.5) is 0 Å². The molecule has 0 N–H and O–H groups in total. The topological polar surface area (TPSA) is 51.0 Å². The van der Waals surface area contributed by atoms with E-state index in [0.717, 1.165) is 27.6 Å². The highest BCUT2D eigenvalue weighted by Gasteiger charge is 2.21. The van der Waals surface area contributed by atoms with Gasteiger partial charge in [0, 0.05) is 18.0 Å². The molecule has 2 aromatic carbocycles. The number of aromatic nitrogens is 3. The van der Waals surface area contributed by atoms with Crippen molar-refractivity contribution in [3.63, 3.8) is 0 Å². The first-order valence-corrected chi connectivity index (χ1v) is 9.87. The van der Waals surface area contributed by atoms with Crippen LogP contribution in [-0.2, 0) is 6.54 Å². The molecule has 0 radical (unpaired) electrons. The minimum atomic E-state index is -0.0933. The standard InChI is InChI=1S/C22H20N4OS/c1-16-23-18(15-28-16)14-25(2)22(27)21-13-20(17-9-5-3-6-10-17)24-26(21)19-11-7-4-8-12-19/h3-13,15H,14H2,1-2H3. The second-order valence-corrected chi connectivity index (χ2v) is 7.61. The van der Waals surface area contributed by atoms with Crippen LogP contribution in [0.1, 0.15) is 21.2 Å². The molecule has 2 aromatic heterocycles. The lowest BCUT2D eigenvalue weighted by Crippen LogP contribution is -2.28. The number of carbonyl (C=O) groups is 1. The van der Waals surface area contributed by atoms with Crippen LogP contribution in [0.3, 0.4) is 0 Å². The van der Waals surface area contributed by atoms with Crippen molar-refractivity contribution in [3.8, 4) is 16.9 Å². The Hall–Kier alpha value is -3.25. The smallest absolute Gasteiger partial charge is 0.272 e. The van der Waals surface area contributed by atoms with Gasteiger partial charge < -0.3 is 4.90 Å². The largest absolute Gasteiger partial charge is 0.334 e. The van der Waals surface area contributed by atoms with Crippen LogP contribution in [0.15, 0.2) is 72.1 Å². The van der Waals surface area contributed by atoms with Crippen molar-refractivity contribution in [2.24, 2.45) is 0 Å². The van der Waals surface area contributed by atoms with Crippen molar-refractivity contribution < 1.29 is 4.79 Å². The van der Waals surface area contributed by atoms with Crippen molar-refractivity contribution in [3.05, 3.63) is 88.5 Å². The van der Waals surface area contributed by atoms with Crippen LogP contribution >= 0.6 is 11.3 Å². The van der Waals surface area contributed by atoms with Gasteiger partial charge in [-0.25, -0.2) is 9.67 Å². The normalized spacial score (nSPS) is 10.8. The molecule has 6 heteroatoms. The fraction of sp³-hybridized carbons (Fsp3) is 0.136. The number of carbonyl (C=O) groups excluding carboxylic acids is 1. The molecule has 0 aliphatic rings. The van der Waals surface area contributed by atoms with Crippen molar-refractivity contribution in [2.45, 2.75) is 13.5 Å². The molecule has 140 valence electrons. The summed E-state index contributed by atoms with van der Waals surface area (Å²) in [6.07, 6.45) is 0. The Kier molecular flexibility index (Phi) is 5.04. The van der Waals surface area contributed by atoms with E-state index in [9.17, 15) is 4.79 Å². The molecule has 28 heavy (non-hydrogen) atoms. The summed E-state index contributed by atoms with van der Waals surface area (Å²) in [6.45, 7) is 2.43. The third-order valence-corrected chi connectivity index (χ3v) is 5.23. The van der Waals surface area contributed by atoms with Gasteiger partial charge in [0.2, 0.25) is 0 Å². The first-order valence-electron chi connectivity index (χ1n) is 8.99. The van der Waals surface area contributed by atoms with Crippen molar-refractivity contribution in [1.82, 2.24) is 19.7 Å². The molecule has 0 aliphatic heterocycles. The van der Waals surface area contributed by atoms with Gasteiger partial charge in [0.25, 0.3) is 5.91 Å². The van der Waals surface area contributed by atoms with Gasteiger partial charge in [-0.1, -0.05) is 48.5 Å². The number of hydrogen-bond acceptors (Lipinski definition) is 4. The van der Waals surface area contributed by atoms with Crippen LogP contribution < -0.4 is 0 Å². The maximum Gasteiger partial charge on any atom is 0.272 e. The third-order valence-electron chi connectivity index (χ3n) is 4.41. The van der Waals surface area contributed by atoms with E-state index < -0.39 is 0 Å². The second-order valence-electron chi connectivity index (χ2n) is 6.55. The molecule has 4 aromatic rings. The van der Waals surface area contributed by atoms with Gasteiger partial charge in [0.05, 0.1) is 28.6 Å². The molecule has 0 fully saturated rings. The Balaban J connectivity index is 1.72. The lowest BCUT2D eigenvalue weighted by atomic mass is 10.1. The predicted molar refractivity (Wildman–Crippen MR) is 112 cm³/mol. The van der Waals surface area contributed by atoms with Gasteiger partial charge in [-0.3, -0.25) is 4.79 Å². The first kappa shape index (κ1) is 18.1. The molecule has 0 spiro atoms. The summed E-state index contributed by atoms with van der Waals surface area (Å²) in [5.74, 6) is -0.0933. The summed E-state index contributed by atoms with van der Waals surface area (Å²) in [5.41, 5.74) is 4.02. The maximum atomic E-state index is 13.2. The predicted octanol–water partition coefficient (Wildman–Crippen LogP) is 4.58. The summed E-state index contributed by atoms with van der Waals surface area (Å²) in [6, 6.07) is 21.5. The molecule has 4 rings (SSSR count). The lowest BCUT2D eigenvalue weighted by Gasteiger charge is -2.16. The Morgan fingerprint density at radius 1 is 1.07 bits per heavy atom. The number of thiazole rings is 1. The van der Waals surface area contributed by atoms with E-state index in [2.05, 4.69) is 4.98 Å². The highest BCUT2D eigenvalue weighted by Crippen LogP contribution is 2.23. The number of para-hydroxylation sites is 1. The number of amides is 1. The van der Waals surface area contributed by atoms with Crippen molar-refractivity contribution >= 4 is 17.2 Å². The highest BCUT2D eigenvalue weighted by atomic mass is 32.1. The summed E-state index contributed by atoms with van der Waals surface area (Å²) in [5, 5.41) is 7.71. The Morgan fingerprint density at radius 2 is 1.75 bits per heavy atom. The van der Waals surface area contributed by atoms with E-state index in [1.54, 1.807) is 28.0 Å². The van der Waals surface area contributed by atoms with E-state index in [1.807, 2.05) is 79.0 Å².